The summed E-state index contributed by atoms with van der Waals surface area (Å²) in [5, 5.41) is 12.1. The zero-order chi connectivity index (χ0) is 68.8. The molecule has 2 heterocycles. The molecule has 504 valence electrons. The first-order valence-electron chi connectivity index (χ1n) is 32.0. The molecule has 9 atom stereocenters. The van der Waals surface area contributed by atoms with Crippen LogP contribution in [0.4, 0.5) is 14.0 Å². The van der Waals surface area contributed by atoms with Gasteiger partial charge in [0.1, 0.15) is 53.3 Å². The van der Waals surface area contributed by atoms with Crippen LogP contribution < -0.4 is 21.3 Å². The van der Waals surface area contributed by atoms with E-state index in [1.165, 1.54) is 60.5 Å². The normalized spacial score (nSPS) is 19.0. The van der Waals surface area contributed by atoms with Gasteiger partial charge in [-0.3, -0.25) is 43.4 Å². The molecule has 0 aromatic heterocycles. The minimum absolute atomic E-state index is 0.0108. The molecule has 4 aromatic rings. The summed E-state index contributed by atoms with van der Waals surface area (Å²) in [6.07, 6.45) is 2.89. The monoisotopic (exact) mass is 1300 g/mol. The second-order valence-corrected chi connectivity index (χ2v) is 29.9. The van der Waals surface area contributed by atoms with Crippen molar-refractivity contribution in [2.75, 3.05) is 26.9 Å². The lowest BCUT2D eigenvalue weighted by atomic mass is 9.85. The van der Waals surface area contributed by atoms with Crippen LogP contribution in [0.25, 0.3) is 0 Å². The molecule has 20 nitrogen and oxygen atoms in total. The number of likely N-dealkylation sites (N-methyl/N-ethyl adjacent to an activating group) is 2. The number of aryl methyl sites for hydroxylation is 1. The summed E-state index contributed by atoms with van der Waals surface area (Å²) in [5.74, 6) is -4.29. The minimum Gasteiger partial charge on any atom is -0.444 e. The van der Waals surface area contributed by atoms with Gasteiger partial charge in [-0.25, -0.2) is 14.0 Å². The number of hydrogen-bond acceptors (Lipinski definition) is 12. The van der Waals surface area contributed by atoms with E-state index in [9.17, 15) is 28.8 Å². The maximum Gasteiger partial charge on any atom is 0.410 e. The number of thioether (sulfide) groups is 1. The van der Waals surface area contributed by atoms with Crippen molar-refractivity contribution in [2.45, 2.75) is 212 Å². The number of carbonyl (C=O) groups is 9. The van der Waals surface area contributed by atoms with Gasteiger partial charge < -0.3 is 45.4 Å². The van der Waals surface area contributed by atoms with E-state index in [1.807, 2.05) is 68.6 Å². The van der Waals surface area contributed by atoms with Crippen LogP contribution in [0.5, 0.6) is 0 Å². The van der Waals surface area contributed by atoms with E-state index in [4.69, 9.17) is 9.47 Å². The molecule has 0 spiro atoms. The Morgan fingerprint density at radius 2 is 1.17 bits per heavy atom. The molecule has 4 aromatic carbocycles. The van der Waals surface area contributed by atoms with Gasteiger partial charge >= 0.3 is 12.2 Å². The molecule has 22 heteroatoms. The Kier molecular flexibility index (Phi) is 23.0. The van der Waals surface area contributed by atoms with Crippen LogP contribution in [-0.2, 0) is 64.2 Å². The number of nitrogens with zero attached hydrogens (tertiary/aromatic N) is 5. The smallest absolute Gasteiger partial charge is 0.410 e. The van der Waals surface area contributed by atoms with E-state index >= 15 is 18.8 Å². The second-order valence-electron chi connectivity index (χ2n) is 28.5. The van der Waals surface area contributed by atoms with Crippen LogP contribution in [0.1, 0.15) is 172 Å². The average molecular weight is 1300 g/mol. The summed E-state index contributed by atoms with van der Waals surface area (Å²) in [7, 11) is 2.88. The van der Waals surface area contributed by atoms with Crippen LogP contribution in [-0.4, -0.2) is 163 Å². The average Bonchev–Trinajstić information content (AvgIpc) is 1.44. The van der Waals surface area contributed by atoms with Crippen LogP contribution in [0, 0.1) is 11.2 Å². The summed E-state index contributed by atoms with van der Waals surface area (Å²) < 4.78 is 26.1. The molecule has 2 aliphatic heterocycles. The number of ether oxygens (including phenoxy) is 2. The van der Waals surface area contributed by atoms with E-state index in [0.717, 1.165) is 44.9 Å². The fraction of sp³-hybridized carbons (Fsp3) is 0.535. The van der Waals surface area contributed by atoms with Crippen LogP contribution >= 0.6 is 11.8 Å². The van der Waals surface area contributed by atoms with Crippen molar-refractivity contribution in [3.05, 3.63) is 142 Å². The summed E-state index contributed by atoms with van der Waals surface area (Å²) in [6.45, 7) is 23.9. The Labute approximate surface area is 552 Å². The number of benzene rings is 4. The van der Waals surface area contributed by atoms with Crippen molar-refractivity contribution in [3.63, 3.8) is 0 Å². The van der Waals surface area contributed by atoms with Crippen LogP contribution in [0.15, 0.2) is 97.1 Å². The van der Waals surface area contributed by atoms with Crippen LogP contribution in [0.3, 0.4) is 0 Å². The third-order valence-corrected chi connectivity index (χ3v) is 19.1. The van der Waals surface area contributed by atoms with E-state index < -0.39 is 129 Å². The lowest BCUT2D eigenvalue weighted by molar-refractivity contribution is -0.151. The number of halogens is 1. The molecular formula is C71H96FN9O11S. The van der Waals surface area contributed by atoms with Gasteiger partial charge in [-0.2, -0.15) is 11.8 Å². The molecule has 0 bridgehead atoms. The predicted molar refractivity (Wildman–Crippen MR) is 356 cm³/mol. The number of hydrogen-bond donors (Lipinski definition) is 4. The highest BCUT2D eigenvalue weighted by Gasteiger charge is 2.49. The number of carbonyl (C=O) groups excluding carboxylic acids is 9. The lowest BCUT2D eigenvalue weighted by Gasteiger charge is -2.44. The van der Waals surface area contributed by atoms with Gasteiger partial charge in [0.25, 0.3) is 5.91 Å². The zero-order valence-corrected chi connectivity index (χ0v) is 57.9. The molecule has 0 unspecified atom stereocenters. The SMILES string of the molecule is CSC(C)(C)[C@H](NC(=O)[C@H](C)N(C)C(=O)OC(C)(C)C)C(=O)N1Cc2ccccc2C[C@H]1C(=O)N(Cc1ccc(C(=O)N[C@H]2C[C@@H](C(=O)N[C@@H]3CCCc4ccccc43)N(C(=O)[C@@H](NC(=O)[C@H](C)N(C)C(=O)OC(C)(C)C)C(C)(C)C)C2)cc1)[C@H](C)c1ccccc1F. The highest BCUT2D eigenvalue weighted by molar-refractivity contribution is 8.00. The van der Waals surface area contributed by atoms with E-state index in [2.05, 4.69) is 21.3 Å². The number of rotatable bonds is 19. The minimum atomic E-state index is -1.20. The lowest BCUT2D eigenvalue weighted by Crippen LogP contribution is -2.63. The summed E-state index contributed by atoms with van der Waals surface area (Å²) in [5.41, 5.74) is 2.21. The summed E-state index contributed by atoms with van der Waals surface area (Å²) in [4.78, 5) is 137. The third-order valence-electron chi connectivity index (χ3n) is 17.8. The number of nitrogens with one attached hydrogen (secondary N) is 4. The maximum atomic E-state index is 16.0. The molecular weight excluding hydrogens is 1210 g/mol. The standard InChI is InChI=1S/C71H96FN9O11S/c1-42(51-29-22-23-31-53(51)72)79(63(86)56-37-48-26-18-19-27-49(48)40-80(56)65(88)58(71(13,14)93-17)76-60(83)44(3)78(16)67(90)92-70(10,11)12)39-45-33-35-47(36-34-45)61(84)73-50-38-55(62(85)74-54-32-24-28-46-25-20-21-30-52(46)54)81(41-50)64(87)57(68(4,5)6)75-59(82)43(2)77(15)66(89)91-69(7,8)9/h18-23,25-27,29-31,33-36,42-44,50,54-58H,24,28,32,37-41H2,1-17H3,(H,73,84)(H,74,85)(H,75,82)(H,76,83)/t42-,43+,44+,50+,54-,55+,56+,57-,58-/m1/s1. The fourth-order valence-corrected chi connectivity index (χ4v) is 12.3. The van der Waals surface area contributed by atoms with Gasteiger partial charge in [0.05, 0.1) is 12.1 Å². The second kappa shape index (κ2) is 29.5. The fourth-order valence-electron chi connectivity index (χ4n) is 11.9. The van der Waals surface area contributed by atoms with E-state index in [1.54, 1.807) is 112 Å². The van der Waals surface area contributed by atoms with Crippen molar-refractivity contribution in [1.29, 1.82) is 0 Å². The Morgan fingerprint density at radius 3 is 1.73 bits per heavy atom. The van der Waals surface area contributed by atoms with Crippen molar-refractivity contribution in [2.24, 2.45) is 5.41 Å². The first kappa shape index (κ1) is 72.4. The molecule has 1 aliphatic carbocycles. The molecule has 1 fully saturated rings. The van der Waals surface area contributed by atoms with Gasteiger partial charge in [0.15, 0.2) is 0 Å². The Balaban J connectivity index is 1.16. The molecule has 4 N–H and O–H groups in total. The van der Waals surface area contributed by atoms with Crippen molar-refractivity contribution >= 4 is 65.3 Å². The van der Waals surface area contributed by atoms with Gasteiger partial charge in [-0.05, 0) is 160 Å². The summed E-state index contributed by atoms with van der Waals surface area (Å²) in [6, 6.07) is 19.5. The molecule has 3 aliphatic rings. The summed E-state index contributed by atoms with van der Waals surface area (Å²) >= 11 is 1.35. The van der Waals surface area contributed by atoms with Crippen molar-refractivity contribution < 1.29 is 57.0 Å². The molecule has 9 amide bonds. The molecule has 1 saturated heterocycles. The number of fused-ring (bicyclic) bond motifs is 2. The Hall–Kier alpha value is -8.01. The van der Waals surface area contributed by atoms with Gasteiger partial charge in [0, 0.05) is 62.1 Å². The third kappa shape index (κ3) is 17.8. The van der Waals surface area contributed by atoms with Gasteiger partial charge in [-0.15, -0.1) is 0 Å². The number of amides is 9. The Morgan fingerprint density at radius 1 is 0.645 bits per heavy atom. The molecule has 0 saturated carbocycles. The largest absolute Gasteiger partial charge is 0.444 e. The number of likely N-dealkylation sites (tertiary alicyclic amines) is 1. The zero-order valence-electron chi connectivity index (χ0n) is 57.1. The first-order chi connectivity index (χ1) is 43.4. The predicted octanol–water partition coefficient (Wildman–Crippen LogP) is 9.43. The highest BCUT2D eigenvalue weighted by Crippen LogP contribution is 2.36. The van der Waals surface area contributed by atoms with E-state index in [0.29, 0.717) is 12.0 Å². The maximum absolute atomic E-state index is 16.0. The van der Waals surface area contributed by atoms with Gasteiger partial charge in [0.2, 0.25) is 35.4 Å². The van der Waals surface area contributed by atoms with Crippen molar-refractivity contribution in [1.82, 2.24) is 45.8 Å². The highest BCUT2D eigenvalue weighted by atomic mass is 32.2. The van der Waals surface area contributed by atoms with E-state index in [-0.39, 0.29) is 49.6 Å². The quantitative estimate of drug-likeness (QED) is 0.0687. The van der Waals surface area contributed by atoms with Gasteiger partial charge in [-0.1, -0.05) is 99.6 Å². The first-order valence-corrected chi connectivity index (χ1v) is 33.2. The van der Waals surface area contributed by atoms with Crippen molar-refractivity contribution in [3.8, 4) is 0 Å². The molecule has 7 rings (SSSR count). The molecule has 93 heavy (non-hydrogen) atoms. The van der Waals surface area contributed by atoms with Crippen LogP contribution in [0.2, 0.25) is 0 Å². The topological polar surface area (TPSA) is 236 Å². The molecule has 0 radical (unpaired) electrons. The Bertz CT molecular complexity index is 3420.